The van der Waals surface area contributed by atoms with Gasteiger partial charge in [0.2, 0.25) is 0 Å². The zero-order valence-corrected chi connectivity index (χ0v) is 13.7. The minimum absolute atomic E-state index is 0.182. The fourth-order valence-corrected chi connectivity index (χ4v) is 2.79. The smallest absolute Gasteiger partial charge is 0.410 e. The molecule has 1 aliphatic heterocycles. The summed E-state index contributed by atoms with van der Waals surface area (Å²) in [5.41, 5.74) is -0.460. The highest BCUT2D eigenvalue weighted by molar-refractivity contribution is 5.68. The quantitative estimate of drug-likeness (QED) is 0.861. The van der Waals surface area contributed by atoms with Gasteiger partial charge >= 0.3 is 6.09 Å². The van der Waals surface area contributed by atoms with Gasteiger partial charge in [-0.05, 0) is 39.5 Å². The van der Waals surface area contributed by atoms with Crippen LogP contribution in [0.2, 0.25) is 0 Å². The van der Waals surface area contributed by atoms with Crippen LogP contribution in [-0.2, 0) is 4.74 Å². The molecule has 2 unspecified atom stereocenters. The lowest BCUT2D eigenvalue weighted by Gasteiger charge is -2.38. The molecule has 1 aliphatic rings. The summed E-state index contributed by atoms with van der Waals surface area (Å²) in [5.74, 6) is 0.814. The first kappa shape index (κ1) is 17.3. The summed E-state index contributed by atoms with van der Waals surface area (Å²) in [6.07, 6.45) is 3.38. The number of rotatable bonds is 4. The topological polar surface area (TPSA) is 49.8 Å². The van der Waals surface area contributed by atoms with Crippen molar-refractivity contribution >= 4 is 6.09 Å². The van der Waals surface area contributed by atoms with Crippen LogP contribution in [-0.4, -0.2) is 40.9 Å². The van der Waals surface area contributed by atoms with Gasteiger partial charge in [-0.15, -0.1) is 0 Å². The number of aliphatic hydroxyl groups is 1. The minimum Gasteiger partial charge on any atom is -0.444 e. The molecule has 0 spiro atoms. The van der Waals surface area contributed by atoms with Gasteiger partial charge in [0, 0.05) is 19.0 Å². The van der Waals surface area contributed by atoms with Crippen LogP contribution in [0, 0.1) is 11.8 Å². The van der Waals surface area contributed by atoms with Crippen LogP contribution in [0.5, 0.6) is 0 Å². The number of nitrogens with zero attached hydrogens (tertiary/aromatic N) is 1. The highest BCUT2D eigenvalue weighted by Crippen LogP contribution is 2.27. The van der Waals surface area contributed by atoms with E-state index in [4.69, 9.17) is 4.74 Å². The van der Waals surface area contributed by atoms with Crippen molar-refractivity contribution in [2.75, 3.05) is 13.1 Å². The zero-order chi connectivity index (χ0) is 15.3. The number of amides is 1. The number of piperidine rings is 1. The fraction of sp³-hybridized carbons (Fsp3) is 0.938. The molecule has 4 heteroatoms. The minimum atomic E-state index is -0.460. The van der Waals surface area contributed by atoms with E-state index >= 15 is 0 Å². The summed E-state index contributed by atoms with van der Waals surface area (Å²) in [6, 6.07) is 0. The van der Waals surface area contributed by atoms with Gasteiger partial charge in [-0.1, -0.05) is 26.7 Å². The van der Waals surface area contributed by atoms with Crippen LogP contribution in [0.4, 0.5) is 4.79 Å². The second-order valence-electron chi connectivity index (χ2n) is 6.96. The Kier molecular flexibility index (Phi) is 6.31. The molecule has 0 aromatic carbocycles. The Labute approximate surface area is 123 Å². The molecular formula is C16H31NO3. The lowest BCUT2D eigenvalue weighted by molar-refractivity contribution is -0.0134. The number of carbonyl (C=O) groups excluding carboxylic acids is 1. The molecule has 1 fully saturated rings. The van der Waals surface area contributed by atoms with Gasteiger partial charge in [0.05, 0.1) is 6.10 Å². The molecule has 1 amide bonds. The molecule has 0 aromatic rings. The van der Waals surface area contributed by atoms with Crippen molar-refractivity contribution in [3.05, 3.63) is 0 Å². The standard InChI is InChI=1S/C16H31NO3/c1-6-12(7-2)10-13-11-17(9-8-14(13)18)15(19)20-16(3,4)5/h12-14,18H,6-11H2,1-5H3. The highest BCUT2D eigenvalue weighted by atomic mass is 16.6. The Morgan fingerprint density at radius 1 is 1.35 bits per heavy atom. The molecule has 0 bridgehead atoms. The van der Waals surface area contributed by atoms with E-state index in [1.165, 1.54) is 0 Å². The van der Waals surface area contributed by atoms with Gasteiger partial charge in [-0.2, -0.15) is 0 Å². The van der Waals surface area contributed by atoms with Gasteiger partial charge in [0.1, 0.15) is 5.60 Å². The van der Waals surface area contributed by atoms with Crippen molar-refractivity contribution in [2.45, 2.75) is 72.0 Å². The predicted molar refractivity (Wildman–Crippen MR) is 80.6 cm³/mol. The zero-order valence-electron chi connectivity index (χ0n) is 13.7. The van der Waals surface area contributed by atoms with E-state index < -0.39 is 5.60 Å². The van der Waals surface area contributed by atoms with Crippen LogP contribution in [0.3, 0.4) is 0 Å². The molecule has 20 heavy (non-hydrogen) atoms. The normalized spacial score (nSPS) is 24.1. The predicted octanol–water partition coefficient (Wildman–Crippen LogP) is 3.43. The number of hydrogen-bond acceptors (Lipinski definition) is 3. The van der Waals surface area contributed by atoms with Crippen LogP contribution >= 0.6 is 0 Å². The molecular weight excluding hydrogens is 254 g/mol. The van der Waals surface area contributed by atoms with E-state index in [0.29, 0.717) is 25.4 Å². The fourth-order valence-electron chi connectivity index (χ4n) is 2.79. The third kappa shape index (κ3) is 5.31. The van der Waals surface area contributed by atoms with Crippen molar-refractivity contribution in [1.29, 1.82) is 0 Å². The first-order chi connectivity index (χ1) is 9.26. The van der Waals surface area contributed by atoms with E-state index in [2.05, 4.69) is 13.8 Å². The van der Waals surface area contributed by atoms with Crippen molar-refractivity contribution < 1.29 is 14.6 Å². The van der Waals surface area contributed by atoms with Crippen LogP contribution in [0.15, 0.2) is 0 Å². The summed E-state index contributed by atoms with van der Waals surface area (Å²) < 4.78 is 5.42. The molecule has 0 aliphatic carbocycles. The maximum absolute atomic E-state index is 12.1. The lowest BCUT2D eigenvalue weighted by Crippen LogP contribution is -2.48. The maximum atomic E-state index is 12.1. The molecule has 0 aromatic heterocycles. The molecule has 1 heterocycles. The summed E-state index contributed by atoms with van der Waals surface area (Å²) in [7, 11) is 0. The summed E-state index contributed by atoms with van der Waals surface area (Å²) in [4.78, 5) is 13.9. The highest BCUT2D eigenvalue weighted by Gasteiger charge is 2.33. The molecule has 118 valence electrons. The Morgan fingerprint density at radius 3 is 2.45 bits per heavy atom. The largest absolute Gasteiger partial charge is 0.444 e. The van der Waals surface area contributed by atoms with Crippen LogP contribution < -0.4 is 0 Å². The van der Waals surface area contributed by atoms with Crippen molar-refractivity contribution in [2.24, 2.45) is 11.8 Å². The van der Waals surface area contributed by atoms with E-state index in [1.54, 1.807) is 4.90 Å². The average molecular weight is 285 g/mol. The van der Waals surface area contributed by atoms with Gasteiger partial charge < -0.3 is 14.7 Å². The number of likely N-dealkylation sites (tertiary alicyclic amines) is 1. The monoisotopic (exact) mass is 285 g/mol. The Balaban J connectivity index is 2.58. The molecule has 1 saturated heterocycles. The van der Waals surface area contributed by atoms with Gasteiger partial charge in [-0.3, -0.25) is 0 Å². The SMILES string of the molecule is CCC(CC)CC1CN(C(=O)OC(C)(C)C)CCC1O. The Hall–Kier alpha value is -0.770. The van der Waals surface area contributed by atoms with E-state index in [1.807, 2.05) is 20.8 Å². The van der Waals surface area contributed by atoms with Crippen molar-refractivity contribution in [1.82, 2.24) is 4.90 Å². The first-order valence-electron chi connectivity index (χ1n) is 7.92. The number of ether oxygens (including phenoxy) is 1. The van der Waals surface area contributed by atoms with Crippen molar-refractivity contribution in [3.63, 3.8) is 0 Å². The first-order valence-corrected chi connectivity index (χ1v) is 7.92. The number of hydrogen-bond donors (Lipinski definition) is 1. The second kappa shape index (κ2) is 7.30. The number of carbonyl (C=O) groups is 1. The van der Waals surface area contributed by atoms with Crippen LogP contribution in [0.1, 0.15) is 60.3 Å². The molecule has 0 radical (unpaired) electrons. The van der Waals surface area contributed by atoms with Gasteiger partial charge in [0.15, 0.2) is 0 Å². The number of aliphatic hydroxyl groups excluding tert-OH is 1. The van der Waals surface area contributed by atoms with Gasteiger partial charge in [-0.25, -0.2) is 4.79 Å². The van der Waals surface area contributed by atoms with Gasteiger partial charge in [0.25, 0.3) is 0 Å². The van der Waals surface area contributed by atoms with E-state index in [0.717, 1.165) is 19.3 Å². The molecule has 1 rings (SSSR count). The Morgan fingerprint density at radius 2 is 1.95 bits per heavy atom. The second-order valence-corrected chi connectivity index (χ2v) is 6.96. The molecule has 1 N–H and O–H groups in total. The average Bonchev–Trinajstić information content (AvgIpc) is 2.35. The van der Waals surface area contributed by atoms with E-state index in [-0.39, 0.29) is 18.1 Å². The molecule has 0 saturated carbocycles. The van der Waals surface area contributed by atoms with Crippen LogP contribution in [0.25, 0.3) is 0 Å². The summed E-state index contributed by atoms with van der Waals surface area (Å²) in [6.45, 7) is 11.2. The summed E-state index contributed by atoms with van der Waals surface area (Å²) >= 11 is 0. The Bertz CT molecular complexity index is 307. The summed E-state index contributed by atoms with van der Waals surface area (Å²) in [5, 5.41) is 10.2. The van der Waals surface area contributed by atoms with E-state index in [9.17, 15) is 9.90 Å². The third-order valence-electron chi connectivity index (χ3n) is 4.14. The van der Waals surface area contributed by atoms with Crippen molar-refractivity contribution in [3.8, 4) is 0 Å². The molecule has 2 atom stereocenters. The maximum Gasteiger partial charge on any atom is 0.410 e. The third-order valence-corrected chi connectivity index (χ3v) is 4.14. The molecule has 4 nitrogen and oxygen atoms in total. The lowest BCUT2D eigenvalue weighted by atomic mass is 9.84.